The highest BCUT2D eigenvalue weighted by molar-refractivity contribution is 5.28. The minimum absolute atomic E-state index is 0.358. The first-order chi connectivity index (χ1) is 7.43. The lowest BCUT2D eigenvalue weighted by Gasteiger charge is -2.31. The van der Waals surface area contributed by atoms with Crippen LogP contribution in [-0.2, 0) is 15.1 Å². The van der Waals surface area contributed by atoms with E-state index in [1.165, 1.54) is 27.2 Å². The SMILES string of the molecule is COC(OC)C(C)(O)c1ccc(C)c(F)c1. The van der Waals surface area contributed by atoms with Crippen LogP contribution in [-0.4, -0.2) is 25.6 Å². The molecule has 0 fully saturated rings. The number of aliphatic hydroxyl groups is 1. The van der Waals surface area contributed by atoms with Gasteiger partial charge in [-0.25, -0.2) is 4.39 Å². The van der Waals surface area contributed by atoms with Gasteiger partial charge in [0.15, 0.2) is 6.29 Å². The van der Waals surface area contributed by atoms with Gasteiger partial charge in [-0.15, -0.1) is 0 Å². The van der Waals surface area contributed by atoms with Crippen LogP contribution in [0.4, 0.5) is 4.39 Å². The Morgan fingerprint density at radius 2 is 1.88 bits per heavy atom. The highest BCUT2D eigenvalue weighted by Crippen LogP contribution is 2.28. The quantitative estimate of drug-likeness (QED) is 0.801. The molecule has 0 aliphatic rings. The van der Waals surface area contributed by atoms with E-state index in [1.807, 2.05) is 0 Å². The molecule has 4 heteroatoms. The molecule has 1 rings (SSSR count). The number of halogens is 1. The van der Waals surface area contributed by atoms with Gasteiger partial charge >= 0.3 is 0 Å². The van der Waals surface area contributed by atoms with E-state index in [4.69, 9.17) is 9.47 Å². The van der Waals surface area contributed by atoms with Gasteiger partial charge in [0.05, 0.1) is 0 Å². The maximum absolute atomic E-state index is 13.4. The normalized spacial score (nSPS) is 15.2. The molecule has 16 heavy (non-hydrogen) atoms. The first kappa shape index (κ1) is 13.1. The van der Waals surface area contributed by atoms with Crippen LogP contribution < -0.4 is 0 Å². The Hall–Kier alpha value is -0.970. The summed E-state index contributed by atoms with van der Waals surface area (Å²) in [7, 11) is 2.85. The third kappa shape index (κ3) is 2.40. The molecular formula is C12H17FO3. The molecule has 0 spiro atoms. The van der Waals surface area contributed by atoms with Gasteiger partial charge in [0.2, 0.25) is 0 Å². The van der Waals surface area contributed by atoms with Crippen LogP contribution in [0.1, 0.15) is 18.1 Å². The van der Waals surface area contributed by atoms with Crippen molar-refractivity contribution in [3.63, 3.8) is 0 Å². The van der Waals surface area contributed by atoms with Crippen molar-refractivity contribution >= 4 is 0 Å². The van der Waals surface area contributed by atoms with Gasteiger partial charge < -0.3 is 14.6 Å². The molecule has 0 amide bonds. The summed E-state index contributed by atoms with van der Waals surface area (Å²) in [5, 5.41) is 10.2. The van der Waals surface area contributed by atoms with Crippen LogP contribution in [0.2, 0.25) is 0 Å². The summed E-state index contributed by atoms with van der Waals surface area (Å²) < 4.78 is 23.4. The molecule has 1 unspecified atom stereocenters. The maximum Gasteiger partial charge on any atom is 0.189 e. The fourth-order valence-electron chi connectivity index (χ4n) is 1.60. The minimum Gasteiger partial charge on any atom is -0.380 e. The molecule has 0 heterocycles. The molecule has 0 saturated heterocycles. The molecule has 90 valence electrons. The summed E-state index contributed by atoms with van der Waals surface area (Å²) in [5.74, 6) is -0.358. The molecule has 0 radical (unpaired) electrons. The lowest BCUT2D eigenvalue weighted by Crippen LogP contribution is -2.39. The summed E-state index contributed by atoms with van der Waals surface area (Å²) in [6.07, 6.45) is -0.838. The number of hydrogen-bond acceptors (Lipinski definition) is 3. The third-order valence-electron chi connectivity index (χ3n) is 2.64. The number of methoxy groups -OCH3 is 2. The molecule has 3 nitrogen and oxygen atoms in total. The smallest absolute Gasteiger partial charge is 0.189 e. The van der Waals surface area contributed by atoms with Crippen LogP contribution in [0.25, 0.3) is 0 Å². The van der Waals surface area contributed by atoms with Crippen LogP contribution in [0.3, 0.4) is 0 Å². The molecule has 0 aliphatic heterocycles. The molecule has 0 aliphatic carbocycles. The highest BCUT2D eigenvalue weighted by atomic mass is 19.1. The van der Waals surface area contributed by atoms with E-state index in [2.05, 4.69) is 0 Å². The van der Waals surface area contributed by atoms with E-state index in [0.29, 0.717) is 11.1 Å². The Morgan fingerprint density at radius 1 is 1.31 bits per heavy atom. The fourth-order valence-corrected chi connectivity index (χ4v) is 1.60. The predicted octanol–water partition coefficient (Wildman–Crippen LogP) is 1.96. The monoisotopic (exact) mass is 228 g/mol. The molecule has 1 atom stereocenters. The topological polar surface area (TPSA) is 38.7 Å². The van der Waals surface area contributed by atoms with Crippen molar-refractivity contribution in [3.05, 3.63) is 35.1 Å². The van der Waals surface area contributed by atoms with Gasteiger partial charge in [-0.2, -0.15) is 0 Å². The van der Waals surface area contributed by atoms with E-state index in [1.54, 1.807) is 19.1 Å². The average molecular weight is 228 g/mol. The van der Waals surface area contributed by atoms with Gasteiger partial charge in [0.1, 0.15) is 11.4 Å². The van der Waals surface area contributed by atoms with Gasteiger partial charge in [0.25, 0.3) is 0 Å². The van der Waals surface area contributed by atoms with Gasteiger partial charge in [-0.05, 0) is 31.0 Å². The van der Waals surface area contributed by atoms with Crippen LogP contribution in [0, 0.1) is 12.7 Å². The Bertz CT molecular complexity index is 359. The Morgan fingerprint density at radius 3 is 2.31 bits per heavy atom. The standard InChI is InChI=1S/C12H17FO3/c1-8-5-6-9(7-10(8)13)12(2,14)11(15-3)16-4/h5-7,11,14H,1-4H3. The Balaban J connectivity index is 3.10. The van der Waals surface area contributed by atoms with Crippen molar-refractivity contribution in [1.29, 1.82) is 0 Å². The van der Waals surface area contributed by atoms with Crippen molar-refractivity contribution in [2.24, 2.45) is 0 Å². The maximum atomic E-state index is 13.4. The zero-order valence-corrected chi connectivity index (χ0v) is 9.95. The van der Waals surface area contributed by atoms with Crippen molar-refractivity contribution in [2.45, 2.75) is 25.7 Å². The second-order valence-electron chi connectivity index (χ2n) is 3.91. The number of hydrogen-bond donors (Lipinski definition) is 1. The highest BCUT2D eigenvalue weighted by Gasteiger charge is 2.34. The summed E-state index contributed by atoms with van der Waals surface area (Å²) in [4.78, 5) is 0. The molecule has 1 aromatic rings. The molecule has 0 aromatic heterocycles. The summed E-state index contributed by atoms with van der Waals surface area (Å²) in [6.45, 7) is 3.19. The predicted molar refractivity (Wildman–Crippen MR) is 58.5 cm³/mol. The summed E-state index contributed by atoms with van der Waals surface area (Å²) in [6, 6.07) is 4.56. The number of benzene rings is 1. The molecule has 0 saturated carbocycles. The number of ether oxygens (including phenoxy) is 2. The van der Waals surface area contributed by atoms with E-state index in [0.717, 1.165) is 0 Å². The average Bonchev–Trinajstić information content (AvgIpc) is 2.23. The number of aryl methyl sites for hydroxylation is 1. The van der Waals surface area contributed by atoms with Gasteiger partial charge in [-0.1, -0.05) is 12.1 Å². The van der Waals surface area contributed by atoms with E-state index in [9.17, 15) is 9.50 Å². The number of rotatable bonds is 4. The molecule has 0 bridgehead atoms. The van der Waals surface area contributed by atoms with Crippen molar-refractivity contribution in [1.82, 2.24) is 0 Å². The second kappa shape index (κ2) is 4.91. The first-order valence-corrected chi connectivity index (χ1v) is 4.98. The van der Waals surface area contributed by atoms with Crippen molar-refractivity contribution in [3.8, 4) is 0 Å². The van der Waals surface area contributed by atoms with Gasteiger partial charge in [0, 0.05) is 14.2 Å². The Labute approximate surface area is 94.8 Å². The third-order valence-corrected chi connectivity index (χ3v) is 2.64. The van der Waals surface area contributed by atoms with Crippen molar-refractivity contribution < 1.29 is 19.0 Å². The van der Waals surface area contributed by atoms with E-state index >= 15 is 0 Å². The zero-order chi connectivity index (χ0) is 12.3. The molecular weight excluding hydrogens is 211 g/mol. The summed E-state index contributed by atoms with van der Waals surface area (Å²) in [5.41, 5.74) is -0.437. The van der Waals surface area contributed by atoms with E-state index in [-0.39, 0.29) is 5.82 Å². The van der Waals surface area contributed by atoms with Crippen LogP contribution in [0.15, 0.2) is 18.2 Å². The lowest BCUT2D eigenvalue weighted by atomic mass is 9.94. The molecule has 1 N–H and O–H groups in total. The van der Waals surface area contributed by atoms with E-state index < -0.39 is 11.9 Å². The lowest BCUT2D eigenvalue weighted by molar-refractivity contribution is -0.213. The fraction of sp³-hybridized carbons (Fsp3) is 0.500. The molecule has 1 aromatic carbocycles. The second-order valence-corrected chi connectivity index (χ2v) is 3.91. The van der Waals surface area contributed by atoms with Gasteiger partial charge in [-0.3, -0.25) is 0 Å². The largest absolute Gasteiger partial charge is 0.380 e. The minimum atomic E-state index is -1.39. The first-order valence-electron chi connectivity index (χ1n) is 4.98. The zero-order valence-electron chi connectivity index (χ0n) is 9.95. The summed E-state index contributed by atoms with van der Waals surface area (Å²) >= 11 is 0. The Kier molecular flexibility index (Phi) is 4.02. The van der Waals surface area contributed by atoms with Crippen LogP contribution in [0.5, 0.6) is 0 Å². The van der Waals surface area contributed by atoms with Crippen LogP contribution >= 0.6 is 0 Å². The van der Waals surface area contributed by atoms with Crippen molar-refractivity contribution in [2.75, 3.05) is 14.2 Å².